The molecule has 1 amide bonds. The predicted molar refractivity (Wildman–Crippen MR) is 150 cm³/mol. The van der Waals surface area contributed by atoms with E-state index >= 15 is 0 Å². The lowest BCUT2D eigenvalue weighted by molar-refractivity contribution is -0.0293. The molecule has 0 radical (unpaired) electrons. The lowest BCUT2D eigenvalue weighted by Gasteiger charge is -2.41. The molecular weight excluding hydrogens is 549 g/mol. The number of anilines is 1. The molecule has 1 fully saturated rings. The summed E-state index contributed by atoms with van der Waals surface area (Å²) in [6.45, 7) is 3.91. The number of imidazole rings is 1. The van der Waals surface area contributed by atoms with Gasteiger partial charge < -0.3 is 15.4 Å². The summed E-state index contributed by atoms with van der Waals surface area (Å²) in [6, 6.07) is 12.7. The molecule has 2 aromatic carbocycles. The third kappa shape index (κ3) is 5.24. The third-order valence-corrected chi connectivity index (χ3v) is 7.35. The Kier molecular flexibility index (Phi) is 7.63. The second kappa shape index (κ2) is 10.9. The van der Waals surface area contributed by atoms with E-state index in [1.807, 2.05) is 34.9 Å². The number of nitrogens with two attached hydrogens (primary N) is 1. The number of benzene rings is 2. The topological polar surface area (TPSA) is 111 Å². The zero-order chi connectivity index (χ0) is 26.9. The number of carbonyl (C=O) groups is 1. The van der Waals surface area contributed by atoms with Crippen LogP contribution in [-0.2, 0) is 4.74 Å². The first-order valence-electron chi connectivity index (χ1n) is 12.2. The summed E-state index contributed by atoms with van der Waals surface area (Å²) in [5, 5.41) is 4.97. The van der Waals surface area contributed by atoms with E-state index in [9.17, 15) is 4.79 Å². The Balaban J connectivity index is 1.59. The minimum absolute atomic E-state index is 0.464. The van der Waals surface area contributed by atoms with Crippen molar-refractivity contribution < 1.29 is 9.53 Å². The van der Waals surface area contributed by atoms with E-state index in [1.165, 1.54) is 6.33 Å². The summed E-state index contributed by atoms with van der Waals surface area (Å²) < 4.78 is 7.47. The number of aromatic nitrogens is 4. The number of carbonyl (C=O) groups excluding carboxylic acids is 1. The van der Waals surface area contributed by atoms with Crippen molar-refractivity contribution in [1.29, 1.82) is 0 Å². The molecular formula is C26H26Cl3N7O2. The maximum Gasteiger partial charge on any atom is 0.406 e. The quantitative estimate of drug-likeness (QED) is 0.267. The zero-order valence-electron chi connectivity index (χ0n) is 20.6. The number of hydrogen-bond donors (Lipinski definition) is 2. The number of halogens is 3. The van der Waals surface area contributed by atoms with Crippen LogP contribution in [0.5, 0.6) is 0 Å². The van der Waals surface area contributed by atoms with Crippen molar-refractivity contribution >= 4 is 57.9 Å². The second-order valence-electron chi connectivity index (χ2n) is 9.07. The van der Waals surface area contributed by atoms with Gasteiger partial charge >= 0.3 is 6.09 Å². The van der Waals surface area contributed by atoms with Crippen molar-refractivity contribution in [3.8, 4) is 17.1 Å². The number of rotatable bonds is 7. The number of amides is 1. The summed E-state index contributed by atoms with van der Waals surface area (Å²) >= 11 is 19.0. The van der Waals surface area contributed by atoms with Crippen molar-refractivity contribution in [3.05, 3.63) is 63.9 Å². The fraction of sp³-hybridized carbons (Fsp3) is 0.308. The van der Waals surface area contributed by atoms with Gasteiger partial charge in [0, 0.05) is 47.2 Å². The van der Waals surface area contributed by atoms with Crippen LogP contribution in [0, 0.1) is 0 Å². The van der Waals surface area contributed by atoms with Crippen LogP contribution >= 0.6 is 34.8 Å². The van der Waals surface area contributed by atoms with Crippen LogP contribution in [0.1, 0.15) is 26.2 Å². The van der Waals surface area contributed by atoms with E-state index < -0.39 is 11.8 Å². The summed E-state index contributed by atoms with van der Waals surface area (Å²) in [5.74, 6) is 1.27. The van der Waals surface area contributed by atoms with Crippen LogP contribution < -0.4 is 16.0 Å². The number of hydrogen-bond acceptors (Lipinski definition) is 7. The fourth-order valence-electron chi connectivity index (χ4n) is 4.74. The van der Waals surface area contributed by atoms with E-state index in [0.717, 1.165) is 12.1 Å². The van der Waals surface area contributed by atoms with E-state index in [4.69, 9.17) is 50.3 Å². The maximum absolute atomic E-state index is 11.6. The van der Waals surface area contributed by atoms with Crippen molar-refractivity contribution in [2.75, 3.05) is 24.5 Å². The van der Waals surface area contributed by atoms with E-state index in [0.29, 0.717) is 75.9 Å². The zero-order valence-corrected chi connectivity index (χ0v) is 22.9. The summed E-state index contributed by atoms with van der Waals surface area (Å²) in [7, 11) is 0. The third-order valence-electron chi connectivity index (χ3n) is 6.55. The molecule has 0 bridgehead atoms. The maximum atomic E-state index is 11.6. The molecule has 0 atom stereocenters. The van der Waals surface area contributed by atoms with E-state index in [-0.39, 0.29) is 0 Å². The molecule has 5 rings (SSSR count). The smallest absolute Gasteiger partial charge is 0.406 e. The van der Waals surface area contributed by atoms with Crippen LogP contribution in [0.4, 0.5) is 10.6 Å². The molecule has 0 spiro atoms. The van der Waals surface area contributed by atoms with Crippen LogP contribution in [-0.4, -0.2) is 51.0 Å². The van der Waals surface area contributed by atoms with E-state index in [2.05, 4.69) is 27.1 Å². The molecule has 1 saturated heterocycles. The first-order valence-corrected chi connectivity index (χ1v) is 13.4. The minimum Gasteiger partial charge on any atom is -0.428 e. The van der Waals surface area contributed by atoms with Crippen molar-refractivity contribution in [1.82, 2.24) is 24.8 Å². The number of nitrogens with one attached hydrogen (secondary N) is 1. The van der Waals surface area contributed by atoms with Gasteiger partial charge in [-0.15, -0.1) is 0 Å². The van der Waals surface area contributed by atoms with Gasteiger partial charge in [-0.1, -0.05) is 41.7 Å². The molecule has 38 heavy (non-hydrogen) atoms. The highest BCUT2D eigenvalue weighted by Gasteiger charge is 2.38. The molecule has 198 valence electrons. The molecule has 3 N–H and O–H groups in total. The van der Waals surface area contributed by atoms with Gasteiger partial charge in [0.1, 0.15) is 12.2 Å². The molecule has 1 aliphatic heterocycles. The van der Waals surface area contributed by atoms with Gasteiger partial charge in [0.05, 0.1) is 5.02 Å². The van der Waals surface area contributed by atoms with Crippen LogP contribution in [0.25, 0.3) is 28.2 Å². The number of ether oxygens (including phenoxy) is 1. The van der Waals surface area contributed by atoms with Crippen molar-refractivity contribution in [3.63, 3.8) is 0 Å². The highest BCUT2D eigenvalue weighted by molar-refractivity contribution is 6.36. The molecule has 2 aromatic heterocycles. The van der Waals surface area contributed by atoms with Gasteiger partial charge in [-0.2, -0.15) is 0 Å². The first kappa shape index (κ1) is 26.5. The Labute approximate surface area is 234 Å². The molecule has 4 aromatic rings. The van der Waals surface area contributed by atoms with Gasteiger partial charge in [0.15, 0.2) is 22.7 Å². The van der Waals surface area contributed by atoms with Gasteiger partial charge in [-0.05, 0) is 55.4 Å². The highest BCUT2D eigenvalue weighted by atomic mass is 35.5. The average Bonchev–Trinajstić information content (AvgIpc) is 3.27. The van der Waals surface area contributed by atoms with Gasteiger partial charge in [0.2, 0.25) is 0 Å². The SMILES string of the molecule is CCCNC1(OC(N)=O)CCN(c2ncnc3c2nc(-c2ccc(Cl)cc2Cl)n3-c2ccc(Cl)cc2)CC1. The number of fused-ring (bicyclic) bond motifs is 1. The Morgan fingerprint density at radius 1 is 1.08 bits per heavy atom. The largest absolute Gasteiger partial charge is 0.428 e. The first-order chi connectivity index (χ1) is 18.3. The molecule has 12 heteroatoms. The number of primary amides is 1. The van der Waals surface area contributed by atoms with Crippen LogP contribution in [0.15, 0.2) is 48.8 Å². The summed E-state index contributed by atoms with van der Waals surface area (Å²) in [4.78, 5) is 27.9. The molecule has 1 aliphatic rings. The van der Waals surface area contributed by atoms with Gasteiger partial charge in [0.25, 0.3) is 0 Å². The summed E-state index contributed by atoms with van der Waals surface area (Å²) in [5.41, 5.74) is 7.33. The Morgan fingerprint density at radius 2 is 1.79 bits per heavy atom. The Bertz CT molecular complexity index is 1470. The predicted octanol–water partition coefficient (Wildman–Crippen LogP) is 5.83. The van der Waals surface area contributed by atoms with E-state index in [1.54, 1.807) is 12.1 Å². The Morgan fingerprint density at radius 3 is 2.45 bits per heavy atom. The normalized spacial score (nSPS) is 15.1. The van der Waals surface area contributed by atoms with Crippen molar-refractivity contribution in [2.24, 2.45) is 5.73 Å². The molecule has 0 aliphatic carbocycles. The summed E-state index contributed by atoms with van der Waals surface area (Å²) in [6.07, 6.45) is 2.70. The number of nitrogens with zero attached hydrogens (tertiary/aromatic N) is 5. The van der Waals surface area contributed by atoms with Crippen LogP contribution in [0.2, 0.25) is 15.1 Å². The number of piperidine rings is 1. The fourth-order valence-corrected chi connectivity index (χ4v) is 5.36. The highest BCUT2D eigenvalue weighted by Crippen LogP contribution is 2.37. The minimum atomic E-state index is -0.810. The lowest BCUT2D eigenvalue weighted by atomic mass is 9.99. The monoisotopic (exact) mass is 573 g/mol. The van der Waals surface area contributed by atoms with Gasteiger partial charge in [-0.3, -0.25) is 9.88 Å². The molecule has 0 saturated carbocycles. The Hall–Kier alpha value is -3.11. The second-order valence-corrected chi connectivity index (χ2v) is 10.4. The molecule has 3 heterocycles. The average molecular weight is 575 g/mol. The molecule has 0 unspecified atom stereocenters. The standard InChI is InChI=1S/C26H26Cl3N7O2/c1-2-11-33-26(38-25(30)37)9-12-35(13-10-26)23-21-24(32-15-31-23)36(18-6-3-16(27)4-7-18)22(34-21)19-8-5-17(28)14-20(19)29/h3-8,14-15,33H,2,9-13H2,1H3,(H2,30,37). The lowest BCUT2D eigenvalue weighted by Crippen LogP contribution is -2.57. The molecule has 9 nitrogen and oxygen atoms in total. The van der Waals surface area contributed by atoms with Gasteiger partial charge in [-0.25, -0.2) is 19.7 Å². The van der Waals surface area contributed by atoms with Crippen LogP contribution in [0.3, 0.4) is 0 Å². The van der Waals surface area contributed by atoms with Crippen molar-refractivity contribution in [2.45, 2.75) is 31.9 Å².